The predicted octanol–water partition coefficient (Wildman–Crippen LogP) is 3.84. The van der Waals surface area contributed by atoms with E-state index in [1.807, 2.05) is 24.3 Å². The van der Waals surface area contributed by atoms with Crippen LogP contribution in [0.3, 0.4) is 0 Å². The molecule has 4 nitrogen and oxygen atoms in total. The number of aryl methyl sites for hydroxylation is 1. The Morgan fingerprint density at radius 2 is 2.15 bits per heavy atom. The summed E-state index contributed by atoms with van der Waals surface area (Å²) in [7, 11) is 0. The Labute approximate surface area is 122 Å². The maximum absolute atomic E-state index is 9.55. The van der Waals surface area contributed by atoms with Gasteiger partial charge in [0.15, 0.2) is 0 Å². The fourth-order valence-corrected chi connectivity index (χ4v) is 4.02. The van der Waals surface area contributed by atoms with Gasteiger partial charge in [0.05, 0.1) is 0 Å². The van der Waals surface area contributed by atoms with Gasteiger partial charge in [-0.05, 0) is 0 Å². The van der Waals surface area contributed by atoms with Gasteiger partial charge in [-0.2, -0.15) is 0 Å². The summed E-state index contributed by atoms with van der Waals surface area (Å²) >= 11 is -0.000506. The molecule has 1 aliphatic carbocycles. The molecule has 0 fully saturated rings. The number of phenolic OH excluding ortho intramolecular Hbond substituents is 1. The number of rotatable bonds is 2. The zero-order valence-corrected chi connectivity index (χ0v) is 12.4. The maximum atomic E-state index is 9.55. The van der Waals surface area contributed by atoms with Crippen LogP contribution in [0.25, 0.3) is 0 Å². The van der Waals surface area contributed by atoms with Crippen molar-refractivity contribution in [2.24, 2.45) is 7.92 Å². The van der Waals surface area contributed by atoms with Crippen molar-refractivity contribution in [3.8, 4) is 5.75 Å². The van der Waals surface area contributed by atoms with Crippen LogP contribution in [-0.4, -0.2) is 19.7 Å². The third-order valence-corrected chi connectivity index (χ3v) is 4.96. The first-order valence-corrected chi connectivity index (χ1v) is 8.14. The van der Waals surface area contributed by atoms with Crippen molar-refractivity contribution >= 4 is 31.6 Å². The van der Waals surface area contributed by atoms with Gasteiger partial charge in [0.25, 0.3) is 0 Å². The molecule has 4 rings (SSSR count). The zero-order valence-electron chi connectivity index (χ0n) is 10.7. The SMILES string of the molecule is Oc1ccc2c(c1)CCC2Nc1cccc2c1N=[Se]=N2. The van der Waals surface area contributed by atoms with Gasteiger partial charge >= 0.3 is 122 Å². The molecular formula is C15H13N3OSe. The van der Waals surface area contributed by atoms with Crippen LogP contribution >= 0.6 is 0 Å². The van der Waals surface area contributed by atoms with E-state index in [1.165, 1.54) is 11.1 Å². The molecule has 0 radical (unpaired) electrons. The molecule has 2 aromatic rings. The number of hydrogen-bond donors (Lipinski definition) is 2. The van der Waals surface area contributed by atoms with Crippen molar-refractivity contribution in [1.82, 2.24) is 0 Å². The molecule has 5 heteroatoms. The summed E-state index contributed by atoms with van der Waals surface area (Å²) in [6, 6.07) is 12.0. The minimum absolute atomic E-state index is 0.000506. The number of nitrogens with zero attached hydrogens (tertiary/aromatic N) is 2. The normalized spacial score (nSPS) is 18.5. The van der Waals surface area contributed by atoms with Gasteiger partial charge in [-0.1, -0.05) is 0 Å². The molecule has 0 spiro atoms. The number of benzene rings is 2. The second-order valence-electron chi connectivity index (χ2n) is 5.06. The van der Waals surface area contributed by atoms with Crippen LogP contribution in [0.4, 0.5) is 17.1 Å². The molecule has 20 heavy (non-hydrogen) atoms. The Morgan fingerprint density at radius 1 is 1.20 bits per heavy atom. The molecule has 1 aliphatic heterocycles. The number of anilines is 1. The standard InChI is InChI=1S/C15H13N3OSe/c19-10-5-6-11-9(8-10)4-7-12(11)16-13-2-1-3-14-15(13)18-20-17-14/h1-3,5-6,8,12,16,19H,4,7H2. The average molecular weight is 330 g/mol. The first-order valence-electron chi connectivity index (χ1n) is 6.61. The van der Waals surface area contributed by atoms with Crippen molar-refractivity contribution in [3.63, 3.8) is 0 Å². The van der Waals surface area contributed by atoms with E-state index < -0.39 is 0 Å². The first kappa shape index (κ1) is 11.9. The Bertz CT molecular complexity index is 766. The first-order chi connectivity index (χ1) is 9.81. The van der Waals surface area contributed by atoms with Gasteiger partial charge in [-0.3, -0.25) is 0 Å². The van der Waals surface area contributed by atoms with E-state index in [0.29, 0.717) is 11.8 Å². The summed E-state index contributed by atoms with van der Waals surface area (Å²) in [6.45, 7) is 0. The molecule has 2 aromatic carbocycles. The van der Waals surface area contributed by atoms with E-state index in [9.17, 15) is 5.11 Å². The number of aromatic hydroxyl groups is 1. The zero-order chi connectivity index (χ0) is 13.5. The van der Waals surface area contributed by atoms with Gasteiger partial charge in [-0.15, -0.1) is 0 Å². The summed E-state index contributed by atoms with van der Waals surface area (Å²) < 4.78 is 8.92. The van der Waals surface area contributed by atoms with Crippen LogP contribution in [0.15, 0.2) is 44.3 Å². The quantitative estimate of drug-likeness (QED) is 0.702. The van der Waals surface area contributed by atoms with Crippen LogP contribution in [0.5, 0.6) is 5.75 Å². The summed E-state index contributed by atoms with van der Waals surface area (Å²) in [5, 5.41) is 13.1. The summed E-state index contributed by atoms with van der Waals surface area (Å²) in [5.41, 5.74) is 5.58. The van der Waals surface area contributed by atoms with Crippen LogP contribution in [-0.2, 0) is 6.42 Å². The van der Waals surface area contributed by atoms with E-state index in [0.717, 1.165) is 29.9 Å². The molecular weight excluding hydrogens is 317 g/mol. The molecule has 0 aromatic heterocycles. The van der Waals surface area contributed by atoms with E-state index >= 15 is 0 Å². The molecule has 100 valence electrons. The molecule has 2 N–H and O–H groups in total. The van der Waals surface area contributed by atoms with Gasteiger partial charge in [0, 0.05) is 0 Å². The van der Waals surface area contributed by atoms with E-state index in [4.69, 9.17) is 0 Å². The number of hydrogen-bond acceptors (Lipinski definition) is 4. The molecule has 1 atom stereocenters. The Balaban J connectivity index is 1.67. The number of nitrogens with one attached hydrogen (secondary N) is 1. The Morgan fingerprint density at radius 3 is 3.10 bits per heavy atom. The average Bonchev–Trinajstić information content (AvgIpc) is 3.06. The molecule has 0 bridgehead atoms. The third-order valence-electron chi connectivity index (χ3n) is 3.82. The summed E-state index contributed by atoms with van der Waals surface area (Å²) in [6.07, 6.45) is 2.05. The molecule has 0 saturated carbocycles. The fraction of sp³-hybridized carbons (Fsp3) is 0.200. The Kier molecular flexibility index (Phi) is 2.76. The second kappa shape index (κ2) is 4.62. The van der Waals surface area contributed by atoms with Crippen LogP contribution in [0.1, 0.15) is 23.6 Å². The summed E-state index contributed by atoms with van der Waals surface area (Å²) in [4.78, 5) is 0. The van der Waals surface area contributed by atoms with E-state index in [-0.39, 0.29) is 14.6 Å². The third kappa shape index (κ3) is 1.90. The van der Waals surface area contributed by atoms with Crippen LogP contribution < -0.4 is 5.32 Å². The van der Waals surface area contributed by atoms with Crippen LogP contribution in [0.2, 0.25) is 0 Å². The van der Waals surface area contributed by atoms with E-state index in [1.54, 1.807) is 6.07 Å². The topological polar surface area (TPSA) is 57.0 Å². The molecule has 0 amide bonds. The van der Waals surface area contributed by atoms with Crippen molar-refractivity contribution < 1.29 is 5.11 Å². The van der Waals surface area contributed by atoms with Crippen molar-refractivity contribution in [1.29, 1.82) is 0 Å². The number of fused-ring (bicyclic) bond motifs is 2. The predicted molar refractivity (Wildman–Crippen MR) is 79.2 cm³/mol. The van der Waals surface area contributed by atoms with Crippen LogP contribution in [0, 0.1) is 0 Å². The van der Waals surface area contributed by atoms with Gasteiger partial charge in [-0.25, -0.2) is 0 Å². The van der Waals surface area contributed by atoms with Crippen molar-refractivity contribution in [2.75, 3.05) is 5.32 Å². The fourth-order valence-electron chi connectivity index (χ4n) is 2.86. The van der Waals surface area contributed by atoms with Crippen molar-refractivity contribution in [3.05, 3.63) is 47.5 Å². The van der Waals surface area contributed by atoms with Gasteiger partial charge < -0.3 is 0 Å². The number of phenols is 1. The second-order valence-corrected chi connectivity index (χ2v) is 6.16. The molecule has 1 heterocycles. The van der Waals surface area contributed by atoms with Crippen molar-refractivity contribution in [2.45, 2.75) is 18.9 Å². The molecule has 1 unspecified atom stereocenters. The molecule has 0 saturated heterocycles. The van der Waals surface area contributed by atoms with E-state index in [2.05, 4.69) is 19.3 Å². The monoisotopic (exact) mass is 331 g/mol. The van der Waals surface area contributed by atoms with Gasteiger partial charge in [0.1, 0.15) is 0 Å². The summed E-state index contributed by atoms with van der Waals surface area (Å²) in [5.74, 6) is 0.349. The van der Waals surface area contributed by atoms with Gasteiger partial charge in [0.2, 0.25) is 0 Å². The molecule has 2 aliphatic rings. The minimum atomic E-state index is -0.000506. The Hall–Kier alpha value is -1.84.